The van der Waals surface area contributed by atoms with E-state index in [2.05, 4.69) is 0 Å². The maximum absolute atomic E-state index is 13.1. The predicted molar refractivity (Wildman–Crippen MR) is 60.4 cm³/mol. The number of rotatable bonds is 4. The Labute approximate surface area is 103 Å². The molecule has 1 aromatic rings. The number of benzene rings is 1. The summed E-state index contributed by atoms with van der Waals surface area (Å²) in [5.41, 5.74) is -1.23. The second-order valence-electron chi connectivity index (χ2n) is 4.45. The van der Waals surface area contributed by atoms with Gasteiger partial charge in [0.2, 0.25) is 0 Å². The molecule has 0 fully saturated rings. The van der Waals surface area contributed by atoms with Crippen LogP contribution in [0, 0.1) is 11.7 Å². The largest absolute Gasteiger partial charge is 0.419 e. The molecule has 0 heterocycles. The van der Waals surface area contributed by atoms with Crippen LogP contribution in [0.15, 0.2) is 18.2 Å². The average molecular weight is 264 g/mol. The lowest BCUT2D eigenvalue weighted by molar-refractivity contribution is -0.140. The van der Waals surface area contributed by atoms with Gasteiger partial charge >= 0.3 is 6.18 Å². The van der Waals surface area contributed by atoms with Crippen molar-refractivity contribution >= 4 is 0 Å². The van der Waals surface area contributed by atoms with Crippen LogP contribution in [0.5, 0.6) is 0 Å². The van der Waals surface area contributed by atoms with Gasteiger partial charge in [-0.3, -0.25) is 0 Å². The lowest BCUT2D eigenvalue weighted by Crippen LogP contribution is -2.13. The fourth-order valence-electron chi connectivity index (χ4n) is 1.89. The highest BCUT2D eigenvalue weighted by molar-refractivity contribution is 5.29. The van der Waals surface area contributed by atoms with Crippen LogP contribution in [0.25, 0.3) is 0 Å². The minimum atomic E-state index is -4.74. The third kappa shape index (κ3) is 3.45. The summed E-state index contributed by atoms with van der Waals surface area (Å²) in [6.45, 7) is 3.68. The smallest absolute Gasteiger partial charge is 0.388 e. The molecule has 0 aliphatic heterocycles. The predicted octanol–water partition coefficient (Wildman–Crippen LogP) is 4.31. The quantitative estimate of drug-likeness (QED) is 0.803. The standard InChI is InChI=1S/C13H16F4O/c1-3-4-8(2)12(18)9-5-6-11(14)10(7-9)13(15,16)17/h5-8,12,18H,3-4H2,1-2H3. The highest BCUT2D eigenvalue weighted by Gasteiger charge is 2.34. The molecule has 5 heteroatoms. The third-order valence-corrected chi connectivity index (χ3v) is 2.92. The molecule has 0 aromatic heterocycles. The van der Waals surface area contributed by atoms with Crippen molar-refractivity contribution in [1.29, 1.82) is 0 Å². The van der Waals surface area contributed by atoms with Gasteiger partial charge in [0.15, 0.2) is 0 Å². The number of alkyl halides is 3. The molecule has 0 amide bonds. The van der Waals surface area contributed by atoms with E-state index in [4.69, 9.17) is 0 Å². The zero-order valence-electron chi connectivity index (χ0n) is 10.3. The van der Waals surface area contributed by atoms with Crippen LogP contribution in [0.3, 0.4) is 0 Å². The molecule has 2 unspecified atom stereocenters. The molecule has 18 heavy (non-hydrogen) atoms. The molecule has 1 rings (SSSR count). The first-order valence-corrected chi connectivity index (χ1v) is 5.82. The molecule has 0 saturated carbocycles. The Hall–Kier alpha value is -1.10. The van der Waals surface area contributed by atoms with Crippen molar-refractivity contribution in [3.63, 3.8) is 0 Å². The van der Waals surface area contributed by atoms with Crippen molar-refractivity contribution in [3.8, 4) is 0 Å². The highest BCUT2D eigenvalue weighted by Crippen LogP contribution is 2.34. The summed E-state index contributed by atoms with van der Waals surface area (Å²) in [6.07, 6.45) is -4.23. The van der Waals surface area contributed by atoms with Crippen molar-refractivity contribution in [2.75, 3.05) is 0 Å². The Bertz CT molecular complexity index is 400. The number of aliphatic hydroxyl groups is 1. The molecule has 1 N–H and O–H groups in total. The summed E-state index contributed by atoms with van der Waals surface area (Å²) in [4.78, 5) is 0. The first-order chi connectivity index (χ1) is 8.27. The maximum atomic E-state index is 13.1. The van der Waals surface area contributed by atoms with Gasteiger partial charge in [0.25, 0.3) is 0 Å². The maximum Gasteiger partial charge on any atom is 0.419 e. The summed E-state index contributed by atoms with van der Waals surface area (Å²) in [5.74, 6) is -1.48. The molecule has 2 atom stereocenters. The van der Waals surface area contributed by atoms with Gasteiger partial charge < -0.3 is 5.11 Å². The second kappa shape index (κ2) is 5.69. The monoisotopic (exact) mass is 264 g/mol. The van der Waals surface area contributed by atoms with Gasteiger partial charge in [-0.25, -0.2) is 4.39 Å². The van der Waals surface area contributed by atoms with Gasteiger partial charge in [-0.2, -0.15) is 13.2 Å². The van der Waals surface area contributed by atoms with E-state index < -0.39 is 23.7 Å². The third-order valence-electron chi connectivity index (χ3n) is 2.92. The van der Waals surface area contributed by atoms with E-state index in [1.54, 1.807) is 6.92 Å². The summed E-state index contributed by atoms with van der Waals surface area (Å²) < 4.78 is 50.6. The summed E-state index contributed by atoms with van der Waals surface area (Å²) in [7, 11) is 0. The summed E-state index contributed by atoms with van der Waals surface area (Å²) in [5, 5.41) is 9.91. The molecule has 102 valence electrons. The second-order valence-corrected chi connectivity index (χ2v) is 4.45. The van der Waals surface area contributed by atoms with Crippen molar-refractivity contribution < 1.29 is 22.7 Å². The van der Waals surface area contributed by atoms with E-state index in [0.717, 1.165) is 12.5 Å². The number of hydrogen-bond acceptors (Lipinski definition) is 1. The molecule has 1 aromatic carbocycles. The molecular formula is C13H16F4O. The molecule has 0 bridgehead atoms. The lowest BCUT2D eigenvalue weighted by Gasteiger charge is -2.20. The van der Waals surface area contributed by atoms with Crippen LogP contribution in [-0.4, -0.2) is 5.11 Å². The first-order valence-electron chi connectivity index (χ1n) is 5.82. The van der Waals surface area contributed by atoms with E-state index in [1.807, 2.05) is 6.92 Å². The molecule has 0 saturated heterocycles. The molecule has 0 radical (unpaired) electrons. The fraction of sp³-hybridized carbons (Fsp3) is 0.538. The van der Waals surface area contributed by atoms with Gasteiger partial charge in [0.1, 0.15) is 5.82 Å². The summed E-state index contributed by atoms with van der Waals surface area (Å²) in [6, 6.07) is 2.63. The van der Waals surface area contributed by atoms with E-state index >= 15 is 0 Å². The van der Waals surface area contributed by atoms with E-state index in [0.29, 0.717) is 12.5 Å². The average Bonchev–Trinajstić information content (AvgIpc) is 2.27. The Morgan fingerprint density at radius 3 is 2.39 bits per heavy atom. The molecule has 0 aliphatic rings. The lowest BCUT2D eigenvalue weighted by atomic mass is 9.92. The molecule has 0 aliphatic carbocycles. The Kier molecular flexibility index (Phi) is 4.73. The fourth-order valence-corrected chi connectivity index (χ4v) is 1.89. The van der Waals surface area contributed by atoms with Crippen LogP contribution in [0.4, 0.5) is 17.6 Å². The van der Waals surface area contributed by atoms with Crippen molar-refractivity contribution in [1.82, 2.24) is 0 Å². The molecule has 0 spiro atoms. The Morgan fingerprint density at radius 2 is 1.89 bits per heavy atom. The SMILES string of the molecule is CCCC(C)C(O)c1ccc(F)c(C(F)(F)F)c1. The minimum absolute atomic E-state index is 0.102. The number of halogens is 4. The van der Waals surface area contributed by atoms with Crippen molar-refractivity contribution in [3.05, 3.63) is 35.1 Å². The topological polar surface area (TPSA) is 20.2 Å². The van der Waals surface area contributed by atoms with Gasteiger partial charge in [-0.1, -0.05) is 26.3 Å². The van der Waals surface area contributed by atoms with Gasteiger partial charge in [-0.05, 0) is 30.0 Å². The normalized spacial score (nSPS) is 15.5. The minimum Gasteiger partial charge on any atom is -0.388 e. The van der Waals surface area contributed by atoms with Crippen LogP contribution in [0.2, 0.25) is 0 Å². The first kappa shape index (κ1) is 15.0. The van der Waals surface area contributed by atoms with Crippen LogP contribution < -0.4 is 0 Å². The summed E-state index contributed by atoms with van der Waals surface area (Å²) >= 11 is 0. The zero-order valence-corrected chi connectivity index (χ0v) is 10.3. The van der Waals surface area contributed by atoms with Gasteiger partial charge in [-0.15, -0.1) is 0 Å². The van der Waals surface area contributed by atoms with Crippen LogP contribution in [0.1, 0.15) is 43.9 Å². The number of aliphatic hydroxyl groups excluding tert-OH is 1. The highest BCUT2D eigenvalue weighted by atomic mass is 19.4. The molecular weight excluding hydrogens is 248 g/mol. The van der Waals surface area contributed by atoms with Crippen molar-refractivity contribution in [2.45, 2.75) is 39.0 Å². The van der Waals surface area contributed by atoms with Crippen LogP contribution >= 0.6 is 0 Å². The van der Waals surface area contributed by atoms with Crippen molar-refractivity contribution in [2.24, 2.45) is 5.92 Å². The zero-order chi connectivity index (χ0) is 13.9. The van der Waals surface area contributed by atoms with Gasteiger partial charge in [0, 0.05) is 0 Å². The van der Waals surface area contributed by atoms with Crippen LogP contribution in [-0.2, 0) is 6.18 Å². The Balaban J connectivity index is 3.05. The Morgan fingerprint density at radius 1 is 1.28 bits per heavy atom. The van der Waals surface area contributed by atoms with E-state index in [9.17, 15) is 22.7 Å². The van der Waals surface area contributed by atoms with Gasteiger partial charge in [0.05, 0.1) is 11.7 Å². The molecule has 1 nitrogen and oxygen atoms in total. The van der Waals surface area contributed by atoms with E-state index in [-0.39, 0.29) is 11.5 Å². The van der Waals surface area contributed by atoms with E-state index in [1.165, 1.54) is 6.07 Å². The number of hydrogen-bond donors (Lipinski definition) is 1.